The predicted molar refractivity (Wildman–Crippen MR) is 124 cm³/mol. The number of hydrogen-bond acceptors (Lipinski definition) is 9. The quantitative estimate of drug-likeness (QED) is 0.460. The van der Waals surface area contributed by atoms with Crippen molar-refractivity contribution in [2.75, 3.05) is 69.4 Å². The van der Waals surface area contributed by atoms with Crippen LogP contribution in [-0.2, 0) is 4.74 Å². The zero-order valence-electron chi connectivity index (χ0n) is 18.7. The lowest BCUT2D eigenvalue weighted by Crippen LogP contribution is -2.49. The summed E-state index contributed by atoms with van der Waals surface area (Å²) in [6.45, 7) is 3.55. The Bertz CT molecular complexity index is 1100. The Kier molecular flexibility index (Phi) is 6.77. The monoisotopic (exact) mass is 471 g/mol. The van der Waals surface area contributed by atoms with Gasteiger partial charge in [-0.2, -0.15) is 0 Å². The molecule has 2 fully saturated rings. The highest BCUT2D eigenvalue weighted by molar-refractivity contribution is 5.96. The minimum absolute atomic E-state index is 0.0616. The van der Waals surface area contributed by atoms with E-state index in [0.717, 1.165) is 0 Å². The van der Waals surface area contributed by atoms with Crippen molar-refractivity contribution >= 4 is 28.7 Å². The standard InChI is InChI=1S/C22H25N5O7/c1-33-17-3-5-19(21(15-17)27(31)32)23-6-8-25(9-7-23)22(28)16-2-4-18(20(14-16)26(29)30)24-10-12-34-13-11-24/h2-5,14-15H,6-13H2,1H3. The molecule has 0 aromatic heterocycles. The topological polar surface area (TPSA) is 132 Å². The fraction of sp³-hybridized carbons (Fsp3) is 0.409. The number of ether oxygens (including phenoxy) is 2. The first-order valence-corrected chi connectivity index (χ1v) is 10.9. The van der Waals surface area contributed by atoms with Crippen molar-refractivity contribution in [2.45, 2.75) is 0 Å². The van der Waals surface area contributed by atoms with Crippen LogP contribution >= 0.6 is 0 Å². The number of benzene rings is 2. The molecule has 0 aliphatic carbocycles. The molecule has 1 amide bonds. The lowest BCUT2D eigenvalue weighted by Gasteiger charge is -2.36. The molecule has 2 aliphatic heterocycles. The van der Waals surface area contributed by atoms with E-state index in [2.05, 4.69) is 0 Å². The van der Waals surface area contributed by atoms with Crippen LogP contribution in [-0.4, -0.2) is 80.2 Å². The lowest BCUT2D eigenvalue weighted by molar-refractivity contribution is -0.384. The van der Waals surface area contributed by atoms with Gasteiger partial charge < -0.3 is 24.2 Å². The van der Waals surface area contributed by atoms with Gasteiger partial charge in [0.05, 0.1) is 36.2 Å². The number of nitrogens with zero attached hydrogens (tertiary/aromatic N) is 5. The summed E-state index contributed by atoms with van der Waals surface area (Å²) in [5.41, 5.74) is 1.01. The van der Waals surface area contributed by atoms with E-state index in [1.165, 1.54) is 19.2 Å². The largest absolute Gasteiger partial charge is 0.496 e. The number of rotatable bonds is 6. The van der Waals surface area contributed by atoms with E-state index in [9.17, 15) is 25.0 Å². The highest BCUT2D eigenvalue weighted by Crippen LogP contribution is 2.33. The number of methoxy groups -OCH3 is 1. The summed E-state index contributed by atoms with van der Waals surface area (Å²) in [5.74, 6) is 0.0897. The minimum atomic E-state index is -0.470. The van der Waals surface area contributed by atoms with Crippen molar-refractivity contribution in [3.63, 3.8) is 0 Å². The average molecular weight is 471 g/mol. The highest BCUT2D eigenvalue weighted by atomic mass is 16.6. The molecule has 0 atom stereocenters. The number of morpholine rings is 1. The first-order valence-electron chi connectivity index (χ1n) is 10.9. The van der Waals surface area contributed by atoms with Gasteiger partial charge in [-0.15, -0.1) is 0 Å². The molecule has 0 N–H and O–H groups in total. The van der Waals surface area contributed by atoms with Gasteiger partial charge in [0.1, 0.15) is 17.1 Å². The number of carbonyl (C=O) groups is 1. The Labute approximate surface area is 195 Å². The summed E-state index contributed by atoms with van der Waals surface area (Å²) in [6, 6.07) is 9.24. The van der Waals surface area contributed by atoms with Crippen LogP contribution < -0.4 is 14.5 Å². The van der Waals surface area contributed by atoms with Crippen molar-refractivity contribution in [1.82, 2.24) is 4.90 Å². The summed E-state index contributed by atoms with van der Waals surface area (Å²) in [5, 5.41) is 23.2. The average Bonchev–Trinajstić information content (AvgIpc) is 2.88. The van der Waals surface area contributed by atoms with Crippen LogP contribution in [0.15, 0.2) is 36.4 Å². The van der Waals surface area contributed by atoms with Gasteiger partial charge in [-0.05, 0) is 24.3 Å². The summed E-state index contributed by atoms with van der Waals surface area (Å²) in [6.07, 6.45) is 0. The molecule has 2 aromatic carbocycles. The molecule has 2 aromatic rings. The number of carbonyl (C=O) groups excluding carboxylic acids is 1. The van der Waals surface area contributed by atoms with E-state index in [1.807, 2.05) is 9.80 Å². The van der Waals surface area contributed by atoms with Crippen LogP contribution in [0.4, 0.5) is 22.7 Å². The number of anilines is 2. The summed E-state index contributed by atoms with van der Waals surface area (Å²) in [4.78, 5) is 40.7. The Morgan fingerprint density at radius 2 is 1.41 bits per heavy atom. The normalized spacial score (nSPS) is 16.3. The van der Waals surface area contributed by atoms with Crippen molar-refractivity contribution in [2.24, 2.45) is 0 Å². The van der Waals surface area contributed by atoms with E-state index >= 15 is 0 Å². The SMILES string of the molecule is COc1ccc(N2CCN(C(=O)c3ccc(N4CCOCC4)c([N+](=O)[O-])c3)CC2)c([N+](=O)[O-])c1. The van der Waals surface area contributed by atoms with Crippen LogP contribution in [0.5, 0.6) is 5.75 Å². The minimum Gasteiger partial charge on any atom is -0.496 e. The van der Waals surface area contributed by atoms with Crippen molar-refractivity contribution in [3.05, 3.63) is 62.2 Å². The van der Waals surface area contributed by atoms with Gasteiger partial charge in [-0.3, -0.25) is 25.0 Å². The van der Waals surface area contributed by atoms with Crippen molar-refractivity contribution in [3.8, 4) is 5.75 Å². The van der Waals surface area contributed by atoms with Crippen LogP contribution in [0.2, 0.25) is 0 Å². The molecular weight excluding hydrogens is 446 g/mol. The maximum atomic E-state index is 13.1. The van der Waals surface area contributed by atoms with Gasteiger partial charge >= 0.3 is 0 Å². The number of nitro benzene ring substituents is 2. The molecule has 4 rings (SSSR count). The van der Waals surface area contributed by atoms with Gasteiger partial charge in [-0.1, -0.05) is 0 Å². The van der Waals surface area contributed by atoms with E-state index in [4.69, 9.17) is 9.47 Å². The summed E-state index contributed by atoms with van der Waals surface area (Å²) >= 11 is 0. The second-order valence-electron chi connectivity index (χ2n) is 7.95. The first kappa shape index (κ1) is 23.2. The molecule has 12 nitrogen and oxygen atoms in total. The van der Waals surface area contributed by atoms with Gasteiger partial charge in [0.15, 0.2) is 0 Å². The molecule has 0 radical (unpaired) electrons. The number of nitro groups is 2. The van der Waals surface area contributed by atoms with Crippen LogP contribution in [0.1, 0.15) is 10.4 Å². The molecule has 0 bridgehead atoms. The Hall–Kier alpha value is -3.93. The second kappa shape index (κ2) is 9.91. The van der Waals surface area contributed by atoms with Gasteiger partial charge in [-0.25, -0.2) is 0 Å². The fourth-order valence-corrected chi connectivity index (χ4v) is 4.25. The van der Waals surface area contributed by atoms with Crippen LogP contribution in [0.3, 0.4) is 0 Å². The zero-order valence-corrected chi connectivity index (χ0v) is 18.7. The molecule has 2 aliphatic rings. The third-order valence-electron chi connectivity index (χ3n) is 6.06. The van der Waals surface area contributed by atoms with Crippen LogP contribution in [0.25, 0.3) is 0 Å². The zero-order chi connectivity index (χ0) is 24.2. The maximum absolute atomic E-state index is 13.1. The van der Waals surface area contributed by atoms with E-state index in [-0.39, 0.29) is 22.8 Å². The fourth-order valence-electron chi connectivity index (χ4n) is 4.25. The van der Waals surface area contributed by atoms with Crippen LogP contribution in [0, 0.1) is 20.2 Å². The Morgan fingerprint density at radius 1 is 0.853 bits per heavy atom. The number of hydrogen-bond donors (Lipinski definition) is 0. The molecule has 2 saturated heterocycles. The molecule has 2 heterocycles. The molecule has 180 valence electrons. The third kappa shape index (κ3) is 4.71. The number of piperazine rings is 1. The maximum Gasteiger partial charge on any atom is 0.296 e. The van der Waals surface area contributed by atoms with E-state index < -0.39 is 9.85 Å². The smallest absolute Gasteiger partial charge is 0.296 e. The molecule has 0 spiro atoms. The second-order valence-corrected chi connectivity index (χ2v) is 7.95. The lowest BCUT2D eigenvalue weighted by atomic mass is 10.1. The Balaban J connectivity index is 1.48. The van der Waals surface area contributed by atoms with Gasteiger partial charge in [0.25, 0.3) is 17.3 Å². The summed E-state index contributed by atoms with van der Waals surface area (Å²) < 4.78 is 10.4. The molecular formula is C22H25N5O7. The predicted octanol–water partition coefficient (Wildman–Crippen LogP) is 2.31. The van der Waals surface area contributed by atoms with Crippen molar-refractivity contribution in [1.29, 1.82) is 0 Å². The number of amides is 1. The summed E-state index contributed by atoms with van der Waals surface area (Å²) in [7, 11) is 1.45. The van der Waals surface area contributed by atoms with E-state index in [1.54, 1.807) is 29.2 Å². The Morgan fingerprint density at radius 3 is 2.00 bits per heavy atom. The van der Waals surface area contributed by atoms with E-state index in [0.29, 0.717) is 69.6 Å². The highest BCUT2D eigenvalue weighted by Gasteiger charge is 2.29. The van der Waals surface area contributed by atoms with Crippen molar-refractivity contribution < 1.29 is 24.1 Å². The molecule has 12 heteroatoms. The van der Waals surface area contributed by atoms with Gasteiger partial charge in [0, 0.05) is 50.9 Å². The molecule has 0 unspecified atom stereocenters. The molecule has 0 saturated carbocycles. The first-order chi connectivity index (χ1) is 16.4. The molecule has 34 heavy (non-hydrogen) atoms. The third-order valence-corrected chi connectivity index (χ3v) is 6.06. The van der Waals surface area contributed by atoms with Gasteiger partial charge in [0.2, 0.25) is 0 Å².